The van der Waals surface area contributed by atoms with E-state index < -0.39 is 11.5 Å². The third-order valence-electron chi connectivity index (χ3n) is 2.34. The minimum absolute atomic E-state index is 0.114. The quantitative estimate of drug-likeness (QED) is 0.724. The first-order valence-corrected chi connectivity index (χ1v) is 5.27. The summed E-state index contributed by atoms with van der Waals surface area (Å²) in [5, 5.41) is 9.24. The van der Waals surface area contributed by atoms with Gasteiger partial charge >= 0.3 is 0 Å². The number of ether oxygens (including phenoxy) is 1. The van der Waals surface area contributed by atoms with Crippen molar-refractivity contribution in [1.82, 2.24) is 9.38 Å². The van der Waals surface area contributed by atoms with Crippen LogP contribution in [0.2, 0.25) is 0 Å². The van der Waals surface area contributed by atoms with Crippen molar-refractivity contribution in [3.8, 4) is 0 Å². The van der Waals surface area contributed by atoms with Crippen LogP contribution in [-0.4, -0.2) is 27.0 Å². The molecule has 2 aromatic heterocycles. The van der Waals surface area contributed by atoms with Gasteiger partial charge < -0.3 is 9.84 Å². The van der Waals surface area contributed by atoms with E-state index in [0.29, 0.717) is 5.65 Å². The summed E-state index contributed by atoms with van der Waals surface area (Å²) in [4.78, 5) is 26.5. The van der Waals surface area contributed by atoms with Crippen LogP contribution >= 0.6 is 0 Å². The van der Waals surface area contributed by atoms with Gasteiger partial charge in [-0.15, -0.1) is 0 Å². The fourth-order valence-corrected chi connectivity index (χ4v) is 1.60. The number of aromatic nitrogens is 2. The second kappa shape index (κ2) is 4.73. The fraction of sp³-hybridized carbons (Fsp3) is 0.167. The van der Waals surface area contributed by atoms with E-state index in [2.05, 4.69) is 4.98 Å². The molecule has 0 radical (unpaired) electrons. The van der Waals surface area contributed by atoms with E-state index in [1.807, 2.05) is 0 Å². The van der Waals surface area contributed by atoms with E-state index in [-0.39, 0.29) is 17.2 Å². The molecule has 6 heteroatoms. The summed E-state index contributed by atoms with van der Waals surface area (Å²) < 4.78 is 6.20. The van der Waals surface area contributed by atoms with E-state index in [4.69, 9.17) is 4.74 Å². The van der Waals surface area contributed by atoms with Crippen LogP contribution in [0.3, 0.4) is 0 Å². The summed E-state index contributed by atoms with van der Waals surface area (Å²) in [5.41, 5.74) is -0.431. The van der Waals surface area contributed by atoms with Crippen LogP contribution < -0.4 is 16.1 Å². The Morgan fingerprint density at radius 1 is 1.56 bits per heavy atom. The van der Waals surface area contributed by atoms with Crippen LogP contribution in [0.1, 0.15) is 6.92 Å². The first-order valence-electron chi connectivity index (χ1n) is 5.27. The van der Waals surface area contributed by atoms with Crippen molar-refractivity contribution < 1.29 is 14.6 Å². The highest BCUT2D eigenvalue weighted by Gasteiger charge is 2.07. The molecule has 0 atom stereocenters. The molecule has 0 aliphatic heterocycles. The van der Waals surface area contributed by atoms with Gasteiger partial charge in [0.25, 0.3) is 11.5 Å². The maximum absolute atomic E-state index is 11.8. The minimum atomic E-state index is -0.731. The van der Waals surface area contributed by atoms with Crippen LogP contribution in [0.4, 0.5) is 0 Å². The largest absolute Gasteiger partial charge is 0.480 e. The molecule has 2 heterocycles. The first-order chi connectivity index (χ1) is 8.69. The molecule has 0 bridgehead atoms. The van der Waals surface area contributed by atoms with Gasteiger partial charge in [0.15, 0.2) is 16.5 Å². The van der Waals surface area contributed by atoms with E-state index in [0.717, 1.165) is 0 Å². The second-order valence-electron chi connectivity index (χ2n) is 3.41. The Morgan fingerprint density at radius 2 is 2.33 bits per heavy atom. The van der Waals surface area contributed by atoms with Gasteiger partial charge in [-0.25, -0.2) is 4.79 Å². The smallest absolute Gasteiger partial charge is 0.293 e. The molecule has 0 spiro atoms. The lowest BCUT2D eigenvalue weighted by Gasteiger charge is -2.02. The molecule has 2 aromatic rings. The van der Waals surface area contributed by atoms with Gasteiger partial charge in [0.1, 0.15) is 5.65 Å². The van der Waals surface area contributed by atoms with Crippen LogP contribution in [0.25, 0.3) is 11.6 Å². The van der Waals surface area contributed by atoms with Gasteiger partial charge in [-0.1, -0.05) is 6.07 Å². The van der Waals surface area contributed by atoms with Crippen molar-refractivity contribution in [3.63, 3.8) is 0 Å². The predicted molar refractivity (Wildman–Crippen MR) is 63.2 cm³/mol. The fourth-order valence-electron chi connectivity index (χ4n) is 1.60. The molecular weight excluding hydrogens is 236 g/mol. The molecule has 0 saturated heterocycles. The second-order valence-corrected chi connectivity index (χ2v) is 3.41. The molecule has 2 rings (SSSR count). The summed E-state index contributed by atoms with van der Waals surface area (Å²) >= 11 is 0. The van der Waals surface area contributed by atoms with Crippen LogP contribution in [0.15, 0.2) is 29.2 Å². The summed E-state index contributed by atoms with van der Waals surface area (Å²) in [6, 6.07) is 4.92. The molecule has 0 amide bonds. The number of carbonyl (C=O) groups excluding carboxylic acids is 1. The van der Waals surface area contributed by atoms with Crippen molar-refractivity contribution in [2.24, 2.45) is 0 Å². The molecular formula is C12H10N2O4. The highest BCUT2D eigenvalue weighted by Crippen LogP contribution is 1.91. The van der Waals surface area contributed by atoms with Crippen LogP contribution in [0, 0.1) is 0 Å². The lowest BCUT2D eigenvalue weighted by Crippen LogP contribution is -2.47. The Morgan fingerprint density at radius 3 is 3.00 bits per heavy atom. The lowest BCUT2D eigenvalue weighted by molar-refractivity contribution is 0.189. The number of rotatable bonds is 2. The Kier molecular flexibility index (Phi) is 3.12. The Balaban J connectivity index is 3.10. The molecule has 0 aliphatic carbocycles. The number of nitrogens with zero attached hydrogens (tertiary/aromatic N) is 2. The van der Waals surface area contributed by atoms with E-state index in [9.17, 15) is 14.7 Å². The standard InChI is InChI=1S/C12H10N2O4/c1-2-18-12(17)10-8(7-15)14-6-4-3-5-9(14)13-11(10)16/h3-6,17H,2H2,1H3/b12-10-. The maximum Gasteiger partial charge on any atom is 0.293 e. The van der Waals surface area contributed by atoms with Crippen molar-refractivity contribution in [1.29, 1.82) is 0 Å². The number of aliphatic hydroxyl groups excluding tert-OH is 1. The molecule has 0 aliphatic rings. The number of hydrogen-bond donors (Lipinski definition) is 1. The Hall–Kier alpha value is -2.59. The summed E-state index contributed by atoms with van der Waals surface area (Å²) in [6.45, 7) is 1.81. The zero-order valence-corrected chi connectivity index (χ0v) is 9.58. The third kappa shape index (κ3) is 1.85. The summed E-state index contributed by atoms with van der Waals surface area (Å²) in [6.07, 6.45) is 1.55. The average Bonchev–Trinajstić information content (AvgIpc) is 2.37. The third-order valence-corrected chi connectivity index (χ3v) is 2.34. The van der Waals surface area contributed by atoms with Gasteiger partial charge in [0.05, 0.1) is 6.61 Å². The van der Waals surface area contributed by atoms with Crippen molar-refractivity contribution in [3.05, 3.63) is 45.3 Å². The lowest BCUT2D eigenvalue weighted by atomic mass is 10.4. The van der Waals surface area contributed by atoms with Gasteiger partial charge in [-0.05, 0) is 19.1 Å². The predicted octanol–water partition coefficient (Wildman–Crippen LogP) is -1.14. The SMILES string of the molecule is CCO/C(O)=c1\c(=O)nc2ccccn2c1=C=O. The summed E-state index contributed by atoms with van der Waals surface area (Å²) in [5.74, 6) is 1.01. The van der Waals surface area contributed by atoms with Gasteiger partial charge in [-0.2, -0.15) is 4.98 Å². The van der Waals surface area contributed by atoms with E-state index in [1.54, 1.807) is 37.3 Å². The molecule has 0 aromatic carbocycles. The summed E-state index contributed by atoms with van der Waals surface area (Å²) in [7, 11) is 0. The average molecular weight is 246 g/mol. The molecule has 0 unspecified atom stereocenters. The molecule has 1 N–H and O–H groups in total. The van der Waals surface area contributed by atoms with Gasteiger partial charge in [0, 0.05) is 6.20 Å². The van der Waals surface area contributed by atoms with Crippen LogP contribution in [-0.2, 0) is 9.53 Å². The topological polar surface area (TPSA) is 80.9 Å². The normalized spacial score (nSPS) is 12.1. The highest BCUT2D eigenvalue weighted by atomic mass is 16.6. The molecule has 0 saturated carbocycles. The number of fused-ring (bicyclic) bond motifs is 1. The zero-order chi connectivity index (χ0) is 13.1. The first kappa shape index (κ1) is 11.9. The van der Waals surface area contributed by atoms with E-state index >= 15 is 0 Å². The maximum atomic E-state index is 11.8. The zero-order valence-electron chi connectivity index (χ0n) is 9.58. The Bertz CT molecular complexity index is 788. The van der Waals surface area contributed by atoms with Crippen molar-refractivity contribution >= 4 is 17.5 Å². The number of hydrogen-bond acceptors (Lipinski definition) is 5. The highest BCUT2D eigenvalue weighted by molar-refractivity contribution is 5.50. The molecule has 6 nitrogen and oxygen atoms in total. The minimum Gasteiger partial charge on any atom is -0.480 e. The van der Waals surface area contributed by atoms with Crippen molar-refractivity contribution in [2.45, 2.75) is 6.92 Å². The van der Waals surface area contributed by atoms with Crippen molar-refractivity contribution in [2.75, 3.05) is 6.61 Å². The number of pyridine rings is 1. The molecule has 18 heavy (non-hydrogen) atoms. The molecule has 92 valence electrons. The van der Waals surface area contributed by atoms with Crippen LogP contribution in [0.5, 0.6) is 0 Å². The van der Waals surface area contributed by atoms with Gasteiger partial charge in [0.2, 0.25) is 0 Å². The van der Waals surface area contributed by atoms with E-state index in [1.165, 1.54) is 4.40 Å². The number of aliphatic hydroxyl groups is 1. The Labute approximate surface area is 101 Å². The molecule has 0 fully saturated rings. The van der Waals surface area contributed by atoms with Gasteiger partial charge in [-0.3, -0.25) is 9.20 Å². The monoisotopic (exact) mass is 246 g/mol.